The summed E-state index contributed by atoms with van der Waals surface area (Å²) in [6.07, 6.45) is 4.11. The van der Waals surface area contributed by atoms with E-state index in [2.05, 4.69) is 22.1 Å². The Morgan fingerprint density at radius 2 is 1.88 bits per heavy atom. The first-order valence-electron chi connectivity index (χ1n) is 9.29. The second kappa shape index (κ2) is 9.71. The summed E-state index contributed by atoms with van der Waals surface area (Å²) < 4.78 is 5.03. The lowest BCUT2D eigenvalue weighted by atomic mass is 9.99. The molecule has 2 aliphatic rings. The van der Waals surface area contributed by atoms with E-state index in [-0.39, 0.29) is 12.1 Å². The molecule has 1 amide bonds. The molecule has 0 bridgehead atoms. The van der Waals surface area contributed by atoms with E-state index in [1.165, 1.54) is 25.9 Å². The Kier molecular flexibility index (Phi) is 7.62. The molecule has 0 aromatic heterocycles. The minimum atomic E-state index is -0.214. The molecule has 138 valence electrons. The second-order valence-electron chi connectivity index (χ2n) is 6.90. The number of hydrogen-bond donors (Lipinski definition) is 2. The third-order valence-corrected chi connectivity index (χ3v) is 4.95. The van der Waals surface area contributed by atoms with Crippen LogP contribution in [0.1, 0.15) is 39.5 Å². The van der Waals surface area contributed by atoms with Gasteiger partial charge < -0.3 is 25.6 Å². The van der Waals surface area contributed by atoms with Gasteiger partial charge in [-0.3, -0.25) is 4.99 Å². The standard InChI is InChI=1S/C17H33N5O2/c1-3-24-17(23)22-11-6-15(7-12-22)20-16(18)19-8-13-21-9-4-14(2)5-10-21/h14-15H,3-13H2,1-2H3,(H3,18,19,20). The van der Waals surface area contributed by atoms with Crippen molar-refractivity contribution in [1.82, 2.24) is 15.1 Å². The minimum absolute atomic E-state index is 0.214. The van der Waals surface area contributed by atoms with E-state index in [4.69, 9.17) is 10.5 Å². The Balaban J connectivity index is 1.62. The zero-order chi connectivity index (χ0) is 17.4. The van der Waals surface area contributed by atoms with E-state index in [1.54, 1.807) is 4.90 Å². The van der Waals surface area contributed by atoms with E-state index < -0.39 is 0 Å². The fourth-order valence-corrected chi connectivity index (χ4v) is 3.27. The first-order chi connectivity index (χ1) is 11.6. The van der Waals surface area contributed by atoms with Crippen LogP contribution in [0.25, 0.3) is 0 Å². The van der Waals surface area contributed by atoms with Crippen molar-refractivity contribution in [1.29, 1.82) is 0 Å². The van der Waals surface area contributed by atoms with Gasteiger partial charge in [0.1, 0.15) is 0 Å². The number of nitrogens with two attached hydrogens (primary N) is 1. The number of nitrogens with zero attached hydrogens (tertiary/aromatic N) is 3. The van der Waals surface area contributed by atoms with Gasteiger partial charge in [-0.1, -0.05) is 6.92 Å². The summed E-state index contributed by atoms with van der Waals surface area (Å²) in [6, 6.07) is 0.287. The third-order valence-electron chi connectivity index (χ3n) is 4.95. The Bertz CT molecular complexity index is 413. The van der Waals surface area contributed by atoms with Crippen LogP contribution in [0.3, 0.4) is 0 Å². The summed E-state index contributed by atoms with van der Waals surface area (Å²) in [7, 11) is 0. The van der Waals surface area contributed by atoms with Gasteiger partial charge in [0.05, 0.1) is 13.2 Å². The summed E-state index contributed by atoms with van der Waals surface area (Å²) in [5, 5.41) is 3.29. The molecule has 0 radical (unpaired) electrons. The molecule has 24 heavy (non-hydrogen) atoms. The third kappa shape index (κ3) is 6.19. The molecule has 2 saturated heterocycles. The maximum absolute atomic E-state index is 11.7. The molecule has 7 heteroatoms. The van der Waals surface area contributed by atoms with Crippen molar-refractivity contribution in [2.45, 2.75) is 45.6 Å². The molecule has 2 rings (SSSR count). The fourth-order valence-electron chi connectivity index (χ4n) is 3.27. The van der Waals surface area contributed by atoms with Crippen LogP contribution in [0.15, 0.2) is 4.99 Å². The van der Waals surface area contributed by atoms with E-state index in [0.29, 0.717) is 25.7 Å². The topological polar surface area (TPSA) is 83.2 Å². The smallest absolute Gasteiger partial charge is 0.409 e. The van der Waals surface area contributed by atoms with Crippen molar-refractivity contribution >= 4 is 12.1 Å². The van der Waals surface area contributed by atoms with Gasteiger partial charge in [-0.25, -0.2) is 4.79 Å². The first kappa shape index (κ1) is 18.8. The number of guanidine groups is 1. The van der Waals surface area contributed by atoms with Crippen molar-refractivity contribution in [2.75, 3.05) is 45.9 Å². The van der Waals surface area contributed by atoms with E-state index in [9.17, 15) is 4.79 Å². The highest BCUT2D eigenvalue weighted by Gasteiger charge is 2.23. The molecule has 2 fully saturated rings. The fraction of sp³-hybridized carbons (Fsp3) is 0.882. The summed E-state index contributed by atoms with van der Waals surface area (Å²) in [5.74, 6) is 1.38. The Hall–Kier alpha value is -1.50. The van der Waals surface area contributed by atoms with Crippen molar-refractivity contribution < 1.29 is 9.53 Å². The maximum atomic E-state index is 11.7. The number of nitrogens with one attached hydrogen (secondary N) is 1. The largest absolute Gasteiger partial charge is 0.450 e. The highest BCUT2D eigenvalue weighted by molar-refractivity contribution is 5.78. The van der Waals surface area contributed by atoms with Crippen LogP contribution in [0.5, 0.6) is 0 Å². The highest BCUT2D eigenvalue weighted by Crippen LogP contribution is 2.15. The molecule has 0 unspecified atom stereocenters. The predicted octanol–water partition coefficient (Wildman–Crippen LogP) is 1.24. The zero-order valence-corrected chi connectivity index (χ0v) is 15.2. The van der Waals surface area contributed by atoms with Crippen LogP contribution in [0, 0.1) is 5.92 Å². The molecule has 0 spiro atoms. The molecule has 2 heterocycles. The number of ether oxygens (including phenoxy) is 1. The lowest BCUT2D eigenvalue weighted by Crippen LogP contribution is -2.48. The number of hydrogen-bond acceptors (Lipinski definition) is 4. The highest BCUT2D eigenvalue weighted by atomic mass is 16.6. The molecule has 7 nitrogen and oxygen atoms in total. The number of amides is 1. The van der Waals surface area contributed by atoms with Crippen LogP contribution in [0.4, 0.5) is 4.79 Å². The van der Waals surface area contributed by atoms with Crippen LogP contribution in [-0.4, -0.2) is 73.8 Å². The average Bonchev–Trinajstić information content (AvgIpc) is 2.57. The van der Waals surface area contributed by atoms with Gasteiger partial charge >= 0.3 is 6.09 Å². The number of aliphatic imine (C=N–C) groups is 1. The van der Waals surface area contributed by atoms with Crippen LogP contribution in [-0.2, 0) is 4.74 Å². The first-order valence-corrected chi connectivity index (χ1v) is 9.29. The molecule has 2 aliphatic heterocycles. The Morgan fingerprint density at radius 1 is 1.21 bits per heavy atom. The monoisotopic (exact) mass is 339 g/mol. The van der Waals surface area contributed by atoms with Crippen molar-refractivity contribution in [3.8, 4) is 0 Å². The number of rotatable bonds is 5. The SMILES string of the molecule is CCOC(=O)N1CCC(NC(N)=NCCN2CCC(C)CC2)CC1. The summed E-state index contributed by atoms with van der Waals surface area (Å²) in [6.45, 7) is 10.1. The summed E-state index contributed by atoms with van der Waals surface area (Å²) in [5.41, 5.74) is 6.00. The number of piperidine rings is 2. The number of carbonyl (C=O) groups is 1. The molecule has 0 aromatic rings. The molecule has 3 N–H and O–H groups in total. The lowest BCUT2D eigenvalue weighted by Gasteiger charge is -2.32. The van der Waals surface area contributed by atoms with Crippen molar-refractivity contribution in [3.05, 3.63) is 0 Å². The van der Waals surface area contributed by atoms with Crippen molar-refractivity contribution in [3.63, 3.8) is 0 Å². The van der Waals surface area contributed by atoms with Crippen LogP contribution >= 0.6 is 0 Å². The molecular weight excluding hydrogens is 306 g/mol. The van der Waals surface area contributed by atoms with Crippen molar-refractivity contribution in [2.24, 2.45) is 16.6 Å². The summed E-state index contributed by atoms with van der Waals surface area (Å²) in [4.78, 5) is 20.3. The maximum Gasteiger partial charge on any atom is 0.409 e. The van der Waals surface area contributed by atoms with Gasteiger partial charge in [-0.15, -0.1) is 0 Å². The van der Waals surface area contributed by atoms with Gasteiger partial charge in [0.15, 0.2) is 5.96 Å². The van der Waals surface area contributed by atoms with Crippen LogP contribution in [0.2, 0.25) is 0 Å². The Labute approximate surface area is 145 Å². The van der Waals surface area contributed by atoms with E-state index in [1.807, 2.05) is 6.92 Å². The normalized spacial score (nSPS) is 21.8. The van der Waals surface area contributed by atoms with Gasteiger partial charge in [-0.05, 0) is 51.6 Å². The van der Waals surface area contributed by atoms with E-state index in [0.717, 1.165) is 31.8 Å². The second-order valence-corrected chi connectivity index (χ2v) is 6.90. The summed E-state index contributed by atoms with van der Waals surface area (Å²) >= 11 is 0. The van der Waals surface area contributed by atoms with Gasteiger partial charge in [0.25, 0.3) is 0 Å². The van der Waals surface area contributed by atoms with Gasteiger partial charge in [-0.2, -0.15) is 0 Å². The van der Waals surface area contributed by atoms with Gasteiger partial charge in [0.2, 0.25) is 0 Å². The molecule has 0 saturated carbocycles. The average molecular weight is 339 g/mol. The molecule has 0 atom stereocenters. The Morgan fingerprint density at radius 3 is 2.50 bits per heavy atom. The number of likely N-dealkylation sites (tertiary alicyclic amines) is 2. The molecule has 0 aliphatic carbocycles. The van der Waals surface area contributed by atoms with Crippen LogP contribution < -0.4 is 11.1 Å². The molecule has 0 aromatic carbocycles. The zero-order valence-electron chi connectivity index (χ0n) is 15.2. The quantitative estimate of drug-likeness (QED) is 0.582. The predicted molar refractivity (Wildman–Crippen MR) is 96.1 cm³/mol. The minimum Gasteiger partial charge on any atom is -0.450 e. The van der Waals surface area contributed by atoms with E-state index >= 15 is 0 Å². The molecular formula is C17H33N5O2. The van der Waals surface area contributed by atoms with Gasteiger partial charge in [0, 0.05) is 25.7 Å². The lowest BCUT2D eigenvalue weighted by molar-refractivity contribution is 0.0963. The number of carbonyl (C=O) groups excluding carboxylic acids is 1.